The Balaban J connectivity index is 1.39. The third kappa shape index (κ3) is 5.53. The zero-order chi connectivity index (χ0) is 27.5. The molecule has 0 radical (unpaired) electrons. The van der Waals surface area contributed by atoms with Gasteiger partial charge in [-0.15, -0.1) is 11.3 Å². The van der Waals surface area contributed by atoms with Crippen LogP contribution in [-0.4, -0.2) is 40.1 Å². The smallest absolute Gasteiger partial charge is 0.269 e. The normalized spacial score (nSPS) is 11.8. The van der Waals surface area contributed by atoms with Gasteiger partial charge in [0.1, 0.15) is 23.2 Å². The molecule has 0 aliphatic rings. The van der Waals surface area contributed by atoms with Crippen molar-refractivity contribution in [1.82, 2.24) is 25.3 Å². The molecule has 5 rings (SSSR count). The van der Waals surface area contributed by atoms with Crippen LogP contribution in [0.5, 0.6) is 11.5 Å². The Labute approximate surface area is 228 Å². The van der Waals surface area contributed by atoms with E-state index in [-0.39, 0.29) is 24.3 Å². The Bertz CT molecular complexity index is 1640. The maximum absolute atomic E-state index is 14.1. The first-order valence-electron chi connectivity index (χ1n) is 12.2. The zero-order valence-electron chi connectivity index (χ0n) is 21.8. The number of carbonyl (C=O) groups is 1. The number of nitrogens with zero attached hydrogens (tertiary/aromatic N) is 3. The standard InChI is InChI=1S/C28H27FN6O3S/c1-15(33-27-20-10-23(37-3)24(38-4)11-21(20)34-16(2)35-27)25-7-8-26(39-25)19-6-5-18(29)9-17(19)12-31-28(36)22-13-30-14-32-22/h5-11,13-15H,12H2,1-4H3,(H,30,32)(H,31,36)(H,33,34,35). The Morgan fingerprint density at radius 3 is 2.64 bits per heavy atom. The van der Waals surface area contributed by atoms with Gasteiger partial charge in [-0.2, -0.15) is 0 Å². The predicted octanol–water partition coefficient (Wildman–Crippen LogP) is 5.65. The van der Waals surface area contributed by atoms with Crippen molar-refractivity contribution in [3.63, 3.8) is 0 Å². The molecule has 5 aromatic rings. The van der Waals surface area contributed by atoms with E-state index in [0.29, 0.717) is 34.4 Å². The molecule has 9 nitrogen and oxygen atoms in total. The van der Waals surface area contributed by atoms with Gasteiger partial charge in [-0.3, -0.25) is 4.79 Å². The first kappa shape index (κ1) is 26.1. The van der Waals surface area contributed by atoms with Crippen molar-refractivity contribution in [1.29, 1.82) is 0 Å². The highest BCUT2D eigenvalue weighted by Crippen LogP contribution is 2.37. The first-order valence-corrected chi connectivity index (χ1v) is 13.0. The molecule has 39 heavy (non-hydrogen) atoms. The Morgan fingerprint density at radius 1 is 1.10 bits per heavy atom. The molecule has 11 heteroatoms. The minimum Gasteiger partial charge on any atom is -0.493 e. The summed E-state index contributed by atoms with van der Waals surface area (Å²) in [7, 11) is 3.18. The van der Waals surface area contributed by atoms with Gasteiger partial charge < -0.3 is 25.1 Å². The molecular weight excluding hydrogens is 519 g/mol. The fourth-order valence-electron chi connectivity index (χ4n) is 4.29. The highest BCUT2D eigenvalue weighted by molar-refractivity contribution is 7.15. The Kier molecular flexibility index (Phi) is 7.42. The average Bonchev–Trinajstić information content (AvgIpc) is 3.64. The molecule has 3 heterocycles. The lowest BCUT2D eigenvalue weighted by molar-refractivity contribution is 0.0946. The van der Waals surface area contributed by atoms with Crippen LogP contribution >= 0.6 is 11.3 Å². The second kappa shape index (κ2) is 11.1. The monoisotopic (exact) mass is 546 g/mol. The van der Waals surface area contributed by atoms with Gasteiger partial charge in [0.05, 0.1) is 38.3 Å². The number of H-pyrrole nitrogens is 1. The number of benzene rings is 2. The number of anilines is 1. The SMILES string of the molecule is COc1cc2nc(C)nc(NC(C)c3ccc(-c4ccc(F)cc4CNC(=O)c4cnc[nH]4)s3)c2cc1OC. The number of rotatable bonds is 9. The lowest BCUT2D eigenvalue weighted by atomic mass is 10.1. The van der Waals surface area contributed by atoms with Gasteiger partial charge >= 0.3 is 0 Å². The van der Waals surface area contributed by atoms with E-state index in [9.17, 15) is 9.18 Å². The van der Waals surface area contributed by atoms with Crippen LogP contribution < -0.4 is 20.1 Å². The first-order chi connectivity index (χ1) is 18.9. The number of hydrogen-bond acceptors (Lipinski definition) is 8. The fourth-order valence-corrected chi connectivity index (χ4v) is 5.36. The van der Waals surface area contributed by atoms with Crippen molar-refractivity contribution in [3.8, 4) is 21.9 Å². The van der Waals surface area contributed by atoms with Crippen molar-refractivity contribution in [2.45, 2.75) is 26.4 Å². The molecule has 3 N–H and O–H groups in total. The number of ether oxygens (including phenoxy) is 2. The van der Waals surface area contributed by atoms with Crippen LogP contribution in [0.25, 0.3) is 21.3 Å². The largest absolute Gasteiger partial charge is 0.493 e. The van der Waals surface area contributed by atoms with Gasteiger partial charge in [0.2, 0.25) is 0 Å². The maximum Gasteiger partial charge on any atom is 0.269 e. The summed E-state index contributed by atoms with van der Waals surface area (Å²) in [6, 6.07) is 12.3. The number of thiophene rings is 1. The number of hydrogen-bond donors (Lipinski definition) is 3. The van der Waals surface area contributed by atoms with Crippen molar-refractivity contribution >= 4 is 34.0 Å². The third-order valence-electron chi connectivity index (χ3n) is 6.23. The van der Waals surface area contributed by atoms with Gasteiger partial charge in [-0.05, 0) is 55.3 Å². The van der Waals surface area contributed by atoms with Gasteiger partial charge in [0.25, 0.3) is 5.91 Å². The number of aryl methyl sites for hydroxylation is 1. The van der Waals surface area contributed by atoms with E-state index in [2.05, 4.69) is 37.5 Å². The minimum absolute atomic E-state index is 0.0849. The van der Waals surface area contributed by atoms with Crippen molar-refractivity contribution < 1.29 is 18.7 Å². The quantitative estimate of drug-likeness (QED) is 0.219. The maximum atomic E-state index is 14.1. The molecule has 200 valence electrons. The van der Waals surface area contributed by atoms with Gasteiger partial charge in [0.15, 0.2) is 11.5 Å². The van der Waals surface area contributed by atoms with Gasteiger partial charge in [-0.1, -0.05) is 6.07 Å². The molecular formula is C28H27FN6O3S. The minimum atomic E-state index is -0.366. The molecule has 0 fully saturated rings. The molecule has 0 saturated carbocycles. The van der Waals surface area contributed by atoms with Crippen LogP contribution in [0.4, 0.5) is 10.2 Å². The van der Waals surface area contributed by atoms with E-state index in [1.54, 1.807) is 31.6 Å². The summed E-state index contributed by atoms with van der Waals surface area (Å²) in [5.74, 6) is 1.83. The van der Waals surface area contributed by atoms with Crippen molar-refractivity contribution in [2.24, 2.45) is 0 Å². The number of amides is 1. The number of methoxy groups -OCH3 is 2. The summed E-state index contributed by atoms with van der Waals surface area (Å²) >= 11 is 1.59. The molecule has 1 unspecified atom stereocenters. The van der Waals surface area contributed by atoms with Crippen molar-refractivity contribution in [3.05, 3.63) is 82.8 Å². The molecule has 0 spiro atoms. The predicted molar refractivity (Wildman–Crippen MR) is 149 cm³/mol. The third-order valence-corrected chi connectivity index (χ3v) is 7.54. The Morgan fingerprint density at radius 2 is 1.90 bits per heavy atom. The van der Waals surface area contributed by atoms with E-state index in [1.165, 1.54) is 24.7 Å². The summed E-state index contributed by atoms with van der Waals surface area (Å²) in [5, 5.41) is 7.15. The second-order valence-corrected chi connectivity index (χ2v) is 9.98. The number of fused-ring (bicyclic) bond motifs is 1. The van der Waals surface area contributed by atoms with Gasteiger partial charge in [-0.25, -0.2) is 19.3 Å². The van der Waals surface area contributed by atoms with Crippen LogP contribution in [0.15, 0.2) is 55.0 Å². The van der Waals surface area contributed by atoms with E-state index < -0.39 is 0 Å². The van der Waals surface area contributed by atoms with E-state index in [4.69, 9.17) is 9.47 Å². The summed E-state index contributed by atoms with van der Waals surface area (Å²) in [6.45, 7) is 4.07. The molecule has 1 atom stereocenters. The molecule has 0 aliphatic carbocycles. The highest BCUT2D eigenvalue weighted by atomic mass is 32.1. The number of imidazole rings is 1. The molecule has 2 aromatic carbocycles. The van der Waals surface area contributed by atoms with Crippen molar-refractivity contribution in [2.75, 3.05) is 19.5 Å². The Hall–Kier alpha value is -4.51. The molecule has 3 aromatic heterocycles. The zero-order valence-corrected chi connectivity index (χ0v) is 22.6. The van der Waals surface area contributed by atoms with Crippen LogP contribution in [0.3, 0.4) is 0 Å². The molecule has 1 amide bonds. The van der Waals surface area contributed by atoms with Crippen LogP contribution in [0, 0.1) is 12.7 Å². The fraction of sp³-hybridized carbons (Fsp3) is 0.214. The summed E-state index contributed by atoms with van der Waals surface area (Å²) < 4.78 is 25.0. The summed E-state index contributed by atoms with van der Waals surface area (Å²) in [6.07, 6.45) is 2.88. The van der Waals surface area contributed by atoms with E-state index in [0.717, 1.165) is 26.2 Å². The number of aromatic amines is 1. The average molecular weight is 547 g/mol. The number of carbonyl (C=O) groups excluding carboxylic acids is 1. The van der Waals surface area contributed by atoms with E-state index >= 15 is 0 Å². The van der Waals surface area contributed by atoms with E-state index in [1.807, 2.05) is 31.2 Å². The van der Waals surface area contributed by atoms with Crippen LogP contribution in [0.2, 0.25) is 0 Å². The summed E-state index contributed by atoms with van der Waals surface area (Å²) in [5.41, 5.74) is 2.62. The lowest BCUT2D eigenvalue weighted by Crippen LogP contribution is -2.23. The highest BCUT2D eigenvalue weighted by Gasteiger charge is 2.17. The number of nitrogens with one attached hydrogen (secondary N) is 3. The van der Waals surface area contributed by atoms with Crippen LogP contribution in [-0.2, 0) is 6.54 Å². The van der Waals surface area contributed by atoms with Gasteiger partial charge in [0, 0.05) is 27.8 Å². The molecule has 0 saturated heterocycles. The molecule has 0 aliphatic heterocycles. The number of aromatic nitrogens is 4. The second-order valence-electron chi connectivity index (χ2n) is 8.86. The topological polar surface area (TPSA) is 114 Å². The number of halogens is 1. The van der Waals surface area contributed by atoms with Crippen LogP contribution in [0.1, 0.15) is 39.7 Å². The molecule has 0 bridgehead atoms. The lowest BCUT2D eigenvalue weighted by Gasteiger charge is -2.17. The summed E-state index contributed by atoms with van der Waals surface area (Å²) in [4.78, 5) is 30.2.